The quantitative estimate of drug-likeness (QED) is 0.448. The Bertz CT molecular complexity index is 718. The Labute approximate surface area is 152 Å². The summed E-state index contributed by atoms with van der Waals surface area (Å²) in [5, 5.41) is 19.4. The number of rotatable bonds is 4. The van der Waals surface area contributed by atoms with Crippen molar-refractivity contribution in [3.05, 3.63) is 48.1 Å². The van der Waals surface area contributed by atoms with Crippen LogP contribution < -0.4 is 0 Å². The van der Waals surface area contributed by atoms with Gasteiger partial charge in [0.2, 0.25) is 0 Å². The molecule has 2 fully saturated rings. The van der Waals surface area contributed by atoms with Gasteiger partial charge in [0.1, 0.15) is 12.2 Å². The molecule has 1 saturated heterocycles. The Morgan fingerprint density at radius 3 is 2.69 bits per heavy atom. The third kappa shape index (κ3) is 2.93. The van der Waals surface area contributed by atoms with E-state index in [1.165, 1.54) is 0 Å². The smallest absolute Gasteiger partial charge is 0.334 e. The molecule has 0 unspecified atom stereocenters. The maximum Gasteiger partial charge on any atom is 0.334 e. The van der Waals surface area contributed by atoms with E-state index in [0.717, 1.165) is 11.1 Å². The van der Waals surface area contributed by atoms with Gasteiger partial charge < -0.3 is 19.7 Å². The third-order valence-electron chi connectivity index (χ3n) is 5.63. The van der Waals surface area contributed by atoms with Gasteiger partial charge in [-0.05, 0) is 6.92 Å². The largest absolute Gasteiger partial charge is 0.458 e. The standard InChI is InChI=1S/C20H24O6/c1-9(5-6-21)19(23)25-14-8-11(3)15-13(22)7-10(2)16(15)18-17(14)12(4)20(24)26-18/h7,13-18,21-22H,1,3-6,8H2,2H3/t13-,14-,15-,16+,17-,18-/m1/s1. The molecule has 140 valence electrons. The lowest BCUT2D eigenvalue weighted by atomic mass is 9.79. The molecule has 3 aliphatic rings. The number of aliphatic hydroxyl groups is 2. The van der Waals surface area contributed by atoms with E-state index < -0.39 is 36.2 Å². The zero-order chi connectivity index (χ0) is 19.2. The zero-order valence-electron chi connectivity index (χ0n) is 14.8. The van der Waals surface area contributed by atoms with Gasteiger partial charge in [0, 0.05) is 42.4 Å². The molecular weight excluding hydrogens is 336 g/mol. The van der Waals surface area contributed by atoms with Crippen LogP contribution in [0.1, 0.15) is 19.8 Å². The van der Waals surface area contributed by atoms with Crippen molar-refractivity contribution in [2.24, 2.45) is 17.8 Å². The van der Waals surface area contributed by atoms with Crippen molar-refractivity contribution in [1.82, 2.24) is 0 Å². The second-order valence-electron chi connectivity index (χ2n) is 7.26. The van der Waals surface area contributed by atoms with Crippen LogP contribution in [0.5, 0.6) is 0 Å². The Hall–Kier alpha value is -2.18. The first-order chi connectivity index (χ1) is 12.3. The van der Waals surface area contributed by atoms with Crippen LogP contribution in [0.3, 0.4) is 0 Å². The highest BCUT2D eigenvalue weighted by Gasteiger charge is 2.56. The van der Waals surface area contributed by atoms with E-state index in [1.807, 2.05) is 6.92 Å². The number of esters is 2. The summed E-state index contributed by atoms with van der Waals surface area (Å²) in [6, 6.07) is 0. The van der Waals surface area contributed by atoms with Crippen LogP contribution >= 0.6 is 0 Å². The molecule has 1 aliphatic heterocycles. The van der Waals surface area contributed by atoms with E-state index in [0.29, 0.717) is 6.42 Å². The van der Waals surface area contributed by atoms with E-state index in [4.69, 9.17) is 14.6 Å². The number of hydrogen-bond acceptors (Lipinski definition) is 6. The number of aliphatic hydroxyl groups excluding tert-OH is 2. The summed E-state index contributed by atoms with van der Waals surface area (Å²) < 4.78 is 11.2. The van der Waals surface area contributed by atoms with Crippen molar-refractivity contribution >= 4 is 11.9 Å². The molecule has 26 heavy (non-hydrogen) atoms. The molecule has 0 amide bonds. The molecule has 2 aliphatic carbocycles. The molecule has 1 heterocycles. The molecule has 0 aromatic rings. The fourth-order valence-corrected chi connectivity index (χ4v) is 4.37. The Kier molecular flexibility index (Phi) is 4.90. The summed E-state index contributed by atoms with van der Waals surface area (Å²) in [4.78, 5) is 24.5. The molecule has 0 aromatic carbocycles. The monoisotopic (exact) mass is 360 g/mol. The number of ether oxygens (including phenoxy) is 2. The average Bonchev–Trinajstić information content (AvgIpc) is 2.97. The molecule has 6 nitrogen and oxygen atoms in total. The van der Waals surface area contributed by atoms with Crippen LogP contribution in [0.15, 0.2) is 48.1 Å². The van der Waals surface area contributed by atoms with Crippen LogP contribution in [0, 0.1) is 17.8 Å². The van der Waals surface area contributed by atoms with Gasteiger partial charge in [0.05, 0.1) is 12.0 Å². The maximum atomic E-state index is 12.3. The van der Waals surface area contributed by atoms with Crippen molar-refractivity contribution in [2.75, 3.05) is 6.61 Å². The topological polar surface area (TPSA) is 93.1 Å². The lowest BCUT2D eigenvalue weighted by Gasteiger charge is -2.29. The van der Waals surface area contributed by atoms with E-state index in [9.17, 15) is 14.7 Å². The maximum absolute atomic E-state index is 12.3. The molecule has 0 spiro atoms. The van der Waals surface area contributed by atoms with Crippen LogP contribution in [0.2, 0.25) is 0 Å². The van der Waals surface area contributed by atoms with Crippen molar-refractivity contribution in [3.8, 4) is 0 Å². The molecule has 1 saturated carbocycles. The summed E-state index contributed by atoms with van der Waals surface area (Å²) in [5.41, 5.74) is 2.10. The molecule has 2 N–H and O–H groups in total. The van der Waals surface area contributed by atoms with Gasteiger partial charge in [0.15, 0.2) is 0 Å². The number of fused-ring (bicyclic) bond motifs is 3. The summed E-state index contributed by atoms with van der Waals surface area (Å²) >= 11 is 0. The highest BCUT2D eigenvalue weighted by atomic mass is 16.6. The van der Waals surface area contributed by atoms with Gasteiger partial charge in [-0.25, -0.2) is 9.59 Å². The lowest BCUT2D eigenvalue weighted by molar-refractivity contribution is -0.148. The fourth-order valence-electron chi connectivity index (χ4n) is 4.37. The van der Waals surface area contributed by atoms with E-state index in [1.54, 1.807) is 6.08 Å². The Morgan fingerprint density at radius 2 is 2.04 bits per heavy atom. The molecular formula is C20H24O6. The SMILES string of the molecule is C=C(CCO)C(=O)O[C@@H]1CC(=C)[C@H]2[C@H](C(C)=C[C@H]2O)[C@H]2OC(=O)C(=C)[C@@H]21. The first kappa shape index (κ1) is 18.6. The highest BCUT2D eigenvalue weighted by molar-refractivity contribution is 5.92. The van der Waals surface area contributed by atoms with Gasteiger partial charge in [0.25, 0.3) is 0 Å². The molecule has 3 rings (SSSR count). The van der Waals surface area contributed by atoms with Crippen LogP contribution in [-0.2, 0) is 19.1 Å². The average molecular weight is 360 g/mol. The molecule has 6 heteroatoms. The molecule has 0 bridgehead atoms. The fraction of sp³-hybridized carbons (Fsp3) is 0.500. The molecule has 0 aromatic heterocycles. The van der Waals surface area contributed by atoms with Crippen LogP contribution in [0.25, 0.3) is 0 Å². The van der Waals surface area contributed by atoms with Crippen molar-refractivity contribution in [3.63, 3.8) is 0 Å². The van der Waals surface area contributed by atoms with E-state index in [-0.39, 0.29) is 36.0 Å². The molecule has 0 radical (unpaired) electrons. The predicted molar refractivity (Wildman–Crippen MR) is 93.7 cm³/mol. The second-order valence-corrected chi connectivity index (χ2v) is 7.26. The minimum atomic E-state index is -0.709. The van der Waals surface area contributed by atoms with Gasteiger partial charge in [-0.3, -0.25) is 0 Å². The normalized spacial score (nSPS) is 36.0. The zero-order valence-corrected chi connectivity index (χ0v) is 14.8. The minimum Gasteiger partial charge on any atom is -0.458 e. The first-order valence-electron chi connectivity index (χ1n) is 8.69. The van der Waals surface area contributed by atoms with E-state index >= 15 is 0 Å². The summed E-state index contributed by atoms with van der Waals surface area (Å²) in [7, 11) is 0. The second kappa shape index (κ2) is 6.85. The third-order valence-corrected chi connectivity index (χ3v) is 5.63. The van der Waals surface area contributed by atoms with Gasteiger partial charge >= 0.3 is 11.9 Å². The minimum absolute atomic E-state index is 0.114. The van der Waals surface area contributed by atoms with Gasteiger partial charge in [-0.2, -0.15) is 0 Å². The van der Waals surface area contributed by atoms with Gasteiger partial charge in [-0.15, -0.1) is 0 Å². The van der Waals surface area contributed by atoms with Crippen LogP contribution in [-0.4, -0.2) is 47.1 Å². The van der Waals surface area contributed by atoms with Crippen molar-refractivity contribution in [1.29, 1.82) is 0 Å². The summed E-state index contributed by atoms with van der Waals surface area (Å²) in [6.07, 6.45) is 0.232. The van der Waals surface area contributed by atoms with Crippen molar-refractivity contribution in [2.45, 2.75) is 38.1 Å². The number of hydrogen-bond donors (Lipinski definition) is 2. The first-order valence-corrected chi connectivity index (χ1v) is 8.69. The van der Waals surface area contributed by atoms with Crippen molar-refractivity contribution < 1.29 is 29.3 Å². The number of carbonyl (C=O) groups excluding carboxylic acids is 2. The van der Waals surface area contributed by atoms with Gasteiger partial charge in [-0.1, -0.05) is 37.0 Å². The number of carbonyl (C=O) groups is 2. The summed E-state index contributed by atoms with van der Waals surface area (Å²) in [6.45, 7) is 13.3. The van der Waals surface area contributed by atoms with E-state index in [2.05, 4.69) is 19.7 Å². The molecule has 6 atom stereocenters. The van der Waals surface area contributed by atoms with Crippen LogP contribution in [0.4, 0.5) is 0 Å². The lowest BCUT2D eigenvalue weighted by Crippen LogP contribution is -2.37. The predicted octanol–water partition coefficient (Wildman–Crippen LogP) is 1.45. The summed E-state index contributed by atoms with van der Waals surface area (Å²) in [5.74, 6) is -2.13. The highest BCUT2D eigenvalue weighted by Crippen LogP contribution is 2.51. The Balaban J connectivity index is 1.94. The Morgan fingerprint density at radius 1 is 1.35 bits per heavy atom.